The van der Waals surface area contributed by atoms with Gasteiger partial charge in [0.1, 0.15) is 10.9 Å². The summed E-state index contributed by atoms with van der Waals surface area (Å²) in [5.74, 6) is -0.0532. The molecule has 1 aromatic carbocycles. The number of nitrogens with one attached hydrogen (secondary N) is 1. The summed E-state index contributed by atoms with van der Waals surface area (Å²) < 4.78 is 56.3. The molecule has 22 heavy (non-hydrogen) atoms. The van der Waals surface area contributed by atoms with Gasteiger partial charge in [0, 0.05) is 13.6 Å². The highest BCUT2D eigenvalue weighted by Crippen LogP contribution is 2.19. The fraction of sp³-hybridized carbons (Fsp3) is 0.250. The number of nitrogens with zero attached hydrogens (tertiary/aromatic N) is 2. The molecular formula is C12H12ClF2N3O3S. The Morgan fingerprint density at radius 1 is 1.45 bits per heavy atom. The molecule has 0 aliphatic carbocycles. The van der Waals surface area contributed by atoms with E-state index in [4.69, 9.17) is 11.6 Å². The van der Waals surface area contributed by atoms with Crippen LogP contribution in [0.3, 0.4) is 0 Å². The molecule has 0 saturated heterocycles. The maximum absolute atomic E-state index is 12.1. The van der Waals surface area contributed by atoms with Crippen molar-refractivity contribution in [1.29, 1.82) is 0 Å². The molecule has 0 saturated carbocycles. The molecule has 0 aliphatic rings. The van der Waals surface area contributed by atoms with Crippen molar-refractivity contribution in [2.45, 2.75) is 18.2 Å². The average Bonchev–Trinajstić information content (AvgIpc) is 2.77. The quantitative estimate of drug-likeness (QED) is 0.865. The minimum Gasteiger partial charge on any atom is -0.435 e. The van der Waals surface area contributed by atoms with Crippen molar-refractivity contribution in [2.75, 3.05) is 0 Å². The maximum Gasteiger partial charge on any atom is 0.387 e. The van der Waals surface area contributed by atoms with Gasteiger partial charge in [0.15, 0.2) is 0 Å². The van der Waals surface area contributed by atoms with Gasteiger partial charge < -0.3 is 9.30 Å². The number of aryl methyl sites for hydroxylation is 1. The summed E-state index contributed by atoms with van der Waals surface area (Å²) in [6.07, 6.45) is 1.27. The molecule has 2 rings (SSSR count). The van der Waals surface area contributed by atoms with E-state index in [2.05, 4.69) is 14.4 Å². The molecule has 0 amide bonds. The highest BCUT2D eigenvalue weighted by molar-refractivity contribution is 7.89. The fourth-order valence-corrected chi connectivity index (χ4v) is 3.09. The van der Waals surface area contributed by atoms with Crippen LogP contribution in [-0.2, 0) is 23.6 Å². The summed E-state index contributed by atoms with van der Waals surface area (Å²) in [5.41, 5.74) is 0.453. The number of hydrogen-bond acceptors (Lipinski definition) is 4. The minimum atomic E-state index is -3.91. The number of imidazole rings is 1. The van der Waals surface area contributed by atoms with Gasteiger partial charge in [-0.15, -0.1) is 0 Å². The molecule has 6 nitrogen and oxygen atoms in total. The first kappa shape index (κ1) is 16.7. The Balaban J connectivity index is 2.11. The summed E-state index contributed by atoms with van der Waals surface area (Å²) in [7, 11) is -2.35. The van der Waals surface area contributed by atoms with Gasteiger partial charge in [0.2, 0.25) is 5.03 Å². The molecule has 1 aromatic heterocycles. The molecule has 120 valence electrons. The molecule has 2 aromatic rings. The first-order chi connectivity index (χ1) is 10.3. The van der Waals surface area contributed by atoms with Gasteiger partial charge in [-0.2, -0.15) is 8.78 Å². The molecule has 0 bridgehead atoms. The lowest BCUT2D eigenvalue weighted by Crippen LogP contribution is -2.24. The number of rotatable bonds is 6. The topological polar surface area (TPSA) is 73.2 Å². The Labute approximate surface area is 130 Å². The van der Waals surface area contributed by atoms with Crippen LogP contribution >= 0.6 is 11.6 Å². The van der Waals surface area contributed by atoms with Crippen molar-refractivity contribution in [3.63, 3.8) is 0 Å². The predicted molar refractivity (Wildman–Crippen MR) is 75.3 cm³/mol. The third kappa shape index (κ3) is 3.93. The van der Waals surface area contributed by atoms with Crippen molar-refractivity contribution in [3.05, 3.63) is 41.3 Å². The second-order valence-electron chi connectivity index (χ2n) is 4.30. The number of alkyl halides is 2. The van der Waals surface area contributed by atoms with Gasteiger partial charge in [-0.05, 0) is 17.7 Å². The van der Waals surface area contributed by atoms with E-state index in [1.54, 1.807) is 13.1 Å². The second kappa shape index (κ2) is 6.59. The van der Waals surface area contributed by atoms with Crippen LogP contribution in [0, 0.1) is 0 Å². The van der Waals surface area contributed by atoms with Gasteiger partial charge in [0.25, 0.3) is 10.0 Å². The van der Waals surface area contributed by atoms with Crippen molar-refractivity contribution >= 4 is 21.6 Å². The maximum atomic E-state index is 12.1. The lowest BCUT2D eigenvalue weighted by Gasteiger charge is -2.08. The molecule has 0 radical (unpaired) electrons. The number of ether oxygens (including phenoxy) is 1. The lowest BCUT2D eigenvalue weighted by atomic mass is 10.2. The highest BCUT2D eigenvalue weighted by atomic mass is 35.5. The van der Waals surface area contributed by atoms with Crippen LogP contribution in [0.15, 0.2) is 35.6 Å². The van der Waals surface area contributed by atoms with Crippen molar-refractivity contribution in [1.82, 2.24) is 14.3 Å². The summed E-state index contributed by atoms with van der Waals surface area (Å²) >= 11 is 5.84. The third-order valence-electron chi connectivity index (χ3n) is 2.68. The van der Waals surface area contributed by atoms with Gasteiger partial charge in [-0.1, -0.05) is 23.7 Å². The van der Waals surface area contributed by atoms with Crippen LogP contribution in [-0.4, -0.2) is 24.6 Å². The first-order valence-corrected chi connectivity index (χ1v) is 7.86. The molecule has 1 N–H and O–H groups in total. The van der Waals surface area contributed by atoms with Crippen molar-refractivity contribution in [3.8, 4) is 5.75 Å². The summed E-state index contributed by atoms with van der Waals surface area (Å²) in [5, 5.41) is -0.320. The van der Waals surface area contributed by atoms with E-state index in [1.807, 2.05) is 0 Å². The van der Waals surface area contributed by atoms with E-state index >= 15 is 0 Å². The molecular weight excluding hydrogens is 340 g/mol. The van der Waals surface area contributed by atoms with Crippen molar-refractivity contribution in [2.24, 2.45) is 7.05 Å². The molecule has 0 fully saturated rings. The Morgan fingerprint density at radius 3 is 2.77 bits per heavy atom. The van der Waals surface area contributed by atoms with Crippen LogP contribution in [0.4, 0.5) is 8.78 Å². The van der Waals surface area contributed by atoms with Gasteiger partial charge in [-0.25, -0.2) is 18.1 Å². The molecule has 0 aliphatic heterocycles. The predicted octanol–water partition coefficient (Wildman–Crippen LogP) is 2.15. The zero-order valence-corrected chi connectivity index (χ0v) is 12.9. The standard InChI is InChI=1S/C12H12ClF2N3O3S/c1-18-7-16-11(10(18)13)22(19,20)17-6-8-3-2-4-9(5-8)21-12(14)15/h2-5,7,12,17H,6H2,1H3. The Bertz CT molecular complexity index is 765. The summed E-state index contributed by atoms with van der Waals surface area (Å²) in [6.45, 7) is -3.06. The van der Waals surface area contributed by atoms with E-state index in [1.165, 1.54) is 29.1 Å². The van der Waals surface area contributed by atoms with Gasteiger partial charge in [0.05, 0.1) is 6.33 Å². The van der Waals surface area contributed by atoms with E-state index < -0.39 is 16.6 Å². The Hall–Kier alpha value is -1.71. The molecule has 1 heterocycles. The second-order valence-corrected chi connectivity index (χ2v) is 6.34. The normalized spacial score (nSPS) is 11.9. The Morgan fingerprint density at radius 2 is 2.18 bits per heavy atom. The minimum absolute atomic E-state index is 0.0257. The van der Waals surface area contributed by atoms with E-state index in [-0.39, 0.29) is 22.5 Å². The largest absolute Gasteiger partial charge is 0.435 e. The molecule has 0 unspecified atom stereocenters. The highest BCUT2D eigenvalue weighted by Gasteiger charge is 2.22. The van der Waals surface area contributed by atoms with Gasteiger partial charge in [-0.3, -0.25) is 0 Å². The van der Waals surface area contributed by atoms with Crippen LogP contribution in [0.2, 0.25) is 5.15 Å². The smallest absolute Gasteiger partial charge is 0.387 e. The SMILES string of the molecule is Cn1cnc(S(=O)(=O)NCc2cccc(OC(F)F)c2)c1Cl. The van der Waals surface area contributed by atoms with Crippen LogP contribution in [0.1, 0.15) is 5.56 Å². The number of benzene rings is 1. The van der Waals surface area contributed by atoms with Crippen LogP contribution in [0.5, 0.6) is 5.75 Å². The Kier molecular flexibility index (Phi) is 4.99. The summed E-state index contributed by atoms with van der Waals surface area (Å²) in [6, 6.07) is 5.71. The van der Waals surface area contributed by atoms with Crippen LogP contribution < -0.4 is 9.46 Å². The number of sulfonamides is 1. The first-order valence-electron chi connectivity index (χ1n) is 6.00. The molecule has 0 spiro atoms. The lowest BCUT2D eigenvalue weighted by molar-refractivity contribution is -0.0498. The average molecular weight is 352 g/mol. The van der Waals surface area contributed by atoms with E-state index in [9.17, 15) is 17.2 Å². The summed E-state index contributed by atoms with van der Waals surface area (Å²) in [4.78, 5) is 3.71. The fourth-order valence-electron chi connectivity index (χ4n) is 1.65. The van der Waals surface area contributed by atoms with Crippen molar-refractivity contribution < 1.29 is 21.9 Å². The number of aromatic nitrogens is 2. The van der Waals surface area contributed by atoms with Gasteiger partial charge >= 0.3 is 6.61 Å². The molecule has 10 heteroatoms. The number of hydrogen-bond donors (Lipinski definition) is 1. The zero-order valence-electron chi connectivity index (χ0n) is 11.3. The monoisotopic (exact) mass is 351 g/mol. The van der Waals surface area contributed by atoms with E-state index in [0.29, 0.717) is 5.56 Å². The molecule has 0 atom stereocenters. The zero-order chi connectivity index (χ0) is 16.3. The number of halogens is 3. The third-order valence-corrected chi connectivity index (χ3v) is 4.57. The van der Waals surface area contributed by atoms with E-state index in [0.717, 1.165) is 0 Å². The van der Waals surface area contributed by atoms with Crippen LogP contribution in [0.25, 0.3) is 0 Å².